The number of hydrogen-bond acceptors (Lipinski definition) is 1. The summed E-state index contributed by atoms with van der Waals surface area (Å²) in [6.07, 6.45) is 1.86. The van der Waals surface area contributed by atoms with Crippen LogP contribution < -0.4 is 0 Å². The van der Waals surface area contributed by atoms with Crippen molar-refractivity contribution in [3.8, 4) is 22.6 Å². The summed E-state index contributed by atoms with van der Waals surface area (Å²) in [5.41, 5.74) is 3.22. The average Bonchev–Trinajstić information content (AvgIpc) is 2.90. The van der Waals surface area contributed by atoms with Crippen LogP contribution in [0.25, 0.3) is 22.6 Å². The van der Waals surface area contributed by atoms with Gasteiger partial charge in [-0.1, -0.05) is 56.1 Å². The van der Waals surface area contributed by atoms with Gasteiger partial charge in [-0.25, -0.2) is 4.98 Å². The van der Waals surface area contributed by atoms with E-state index in [2.05, 4.69) is 54.0 Å². The molecule has 3 rings (SSSR count). The van der Waals surface area contributed by atoms with Crippen LogP contribution in [-0.4, -0.2) is 9.97 Å². The Balaban J connectivity index is 1.95. The molecule has 0 saturated heterocycles. The Labute approximate surface area is 128 Å². The molecule has 0 atom stereocenters. The van der Waals surface area contributed by atoms with Gasteiger partial charge in [-0.3, -0.25) is 0 Å². The van der Waals surface area contributed by atoms with Gasteiger partial charge < -0.3 is 4.98 Å². The topological polar surface area (TPSA) is 28.7 Å². The van der Waals surface area contributed by atoms with Gasteiger partial charge in [-0.2, -0.15) is 0 Å². The lowest BCUT2D eigenvalue weighted by Gasteiger charge is -1.99. The number of nitrogens with zero attached hydrogens (tertiary/aromatic N) is 1. The lowest BCUT2D eigenvalue weighted by molar-refractivity contribution is 1.31. The lowest BCUT2D eigenvalue weighted by Crippen LogP contribution is -1.81. The number of halogens is 2. The van der Waals surface area contributed by atoms with Gasteiger partial charge >= 0.3 is 0 Å². The zero-order valence-electron chi connectivity index (χ0n) is 9.90. The second-order valence-corrected chi connectivity index (χ2v) is 5.99. The fraction of sp³-hybridized carbons (Fsp3) is 0. The van der Waals surface area contributed by atoms with Crippen molar-refractivity contribution in [3.05, 3.63) is 63.7 Å². The van der Waals surface area contributed by atoms with Crippen LogP contribution in [0.1, 0.15) is 0 Å². The predicted molar refractivity (Wildman–Crippen MR) is 84.9 cm³/mol. The molecular formula is C15H10Br2N2. The number of imidazole rings is 1. The van der Waals surface area contributed by atoms with Crippen LogP contribution in [0.3, 0.4) is 0 Å². The Bertz CT molecular complexity index is 625. The molecule has 0 unspecified atom stereocenters. The standard InChI is InChI=1S/C15H10Br2N2/c16-12-5-1-10(2-6-12)14-9-18-15(19-14)11-3-7-13(17)8-4-11/h1-9H,(H,18,19). The highest BCUT2D eigenvalue weighted by molar-refractivity contribution is 9.10. The number of hydrogen-bond donors (Lipinski definition) is 1. The number of rotatable bonds is 2. The Morgan fingerprint density at radius 3 is 1.84 bits per heavy atom. The van der Waals surface area contributed by atoms with E-state index in [4.69, 9.17) is 0 Å². The van der Waals surface area contributed by atoms with E-state index in [1.165, 1.54) is 0 Å². The van der Waals surface area contributed by atoms with Gasteiger partial charge in [0.1, 0.15) is 5.82 Å². The van der Waals surface area contributed by atoms with E-state index in [0.29, 0.717) is 0 Å². The van der Waals surface area contributed by atoms with E-state index in [0.717, 1.165) is 31.6 Å². The largest absolute Gasteiger partial charge is 0.338 e. The minimum absolute atomic E-state index is 0.880. The third-order valence-corrected chi connectivity index (χ3v) is 3.91. The average molecular weight is 378 g/mol. The van der Waals surface area contributed by atoms with Crippen molar-refractivity contribution in [2.45, 2.75) is 0 Å². The zero-order chi connectivity index (χ0) is 13.2. The van der Waals surface area contributed by atoms with Crippen molar-refractivity contribution >= 4 is 31.9 Å². The summed E-state index contributed by atoms with van der Waals surface area (Å²) in [6, 6.07) is 16.3. The molecule has 0 fully saturated rings. The molecule has 0 radical (unpaired) electrons. The molecule has 1 N–H and O–H groups in total. The van der Waals surface area contributed by atoms with E-state index in [1.54, 1.807) is 0 Å². The summed E-state index contributed by atoms with van der Waals surface area (Å²) in [6.45, 7) is 0. The second-order valence-electron chi connectivity index (χ2n) is 4.16. The molecule has 0 aliphatic carbocycles. The highest BCUT2D eigenvalue weighted by Crippen LogP contribution is 2.24. The minimum Gasteiger partial charge on any atom is -0.338 e. The first-order valence-corrected chi connectivity index (χ1v) is 7.38. The molecular weight excluding hydrogens is 368 g/mol. The maximum atomic E-state index is 4.43. The summed E-state index contributed by atoms with van der Waals surface area (Å²) >= 11 is 6.87. The molecule has 2 nitrogen and oxygen atoms in total. The molecule has 19 heavy (non-hydrogen) atoms. The van der Waals surface area contributed by atoms with Crippen LogP contribution in [0.4, 0.5) is 0 Å². The monoisotopic (exact) mass is 376 g/mol. The number of nitrogens with one attached hydrogen (secondary N) is 1. The number of aromatic nitrogens is 2. The molecule has 94 valence electrons. The van der Waals surface area contributed by atoms with Crippen molar-refractivity contribution in [2.24, 2.45) is 0 Å². The molecule has 0 amide bonds. The lowest BCUT2D eigenvalue weighted by atomic mass is 10.2. The van der Waals surface area contributed by atoms with Crippen molar-refractivity contribution in [1.82, 2.24) is 9.97 Å². The maximum absolute atomic E-state index is 4.43. The quantitative estimate of drug-likeness (QED) is 0.647. The van der Waals surface area contributed by atoms with Crippen molar-refractivity contribution < 1.29 is 0 Å². The zero-order valence-corrected chi connectivity index (χ0v) is 13.1. The third kappa shape index (κ3) is 2.80. The molecule has 1 aromatic heterocycles. The van der Waals surface area contributed by atoms with Crippen LogP contribution >= 0.6 is 31.9 Å². The Morgan fingerprint density at radius 1 is 0.737 bits per heavy atom. The number of aromatic amines is 1. The number of H-pyrrole nitrogens is 1. The van der Waals surface area contributed by atoms with Crippen LogP contribution in [-0.2, 0) is 0 Å². The van der Waals surface area contributed by atoms with Crippen LogP contribution in [0.15, 0.2) is 63.7 Å². The predicted octanol–water partition coefficient (Wildman–Crippen LogP) is 5.27. The van der Waals surface area contributed by atoms with Gasteiger partial charge in [0.25, 0.3) is 0 Å². The van der Waals surface area contributed by atoms with E-state index in [1.807, 2.05) is 42.6 Å². The van der Waals surface area contributed by atoms with Gasteiger partial charge in [0.2, 0.25) is 0 Å². The SMILES string of the molecule is Brc1ccc(-c2cnc(-c3ccc(Br)cc3)[nH]2)cc1. The summed E-state index contributed by atoms with van der Waals surface area (Å²) in [4.78, 5) is 7.78. The summed E-state index contributed by atoms with van der Waals surface area (Å²) < 4.78 is 2.14. The third-order valence-electron chi connectivity index (χ3n) is 2.85. The van der Waals surface area contributed by atoms with Gasteiger partial charge in [0.05, 0.1) is 11.9 Å². The van der Waals surface area contributed by atoms with E-state index >= 15 is 0 Å². The van der Waals surface area contributed by atoms with Crippen molar-refractivity contribution in [2.75, 3.05) is 0 Å². The number of benzene rings is 2. The highest BCUT2D eigenvalue weighted by Gasteiger charge is 2.05. The summed E-state index contributed by atoms with van der Waals surface area (Å²) in [7, 11) is 0. The fourth-order valence-electron chi connectivity index (χ4n) is 1.85. The summed E-state index contributed by atoms with van der Waals surface area (Å²) in [5.74, 6) is 0.880. The Morgan fingerprint density at radius 2 is 1.26 bits per heavy atom. The first-order valence-electron chi connectivity index (χ1n) is 5.79. The molecule has 0 spiro atoms. The van der Waals surface area contributed by atoms with Crippen LogP contribution in [0.2, 0.25) is 0 Å². The molecule has 2 aromatic carbocycles. The smallest absolute Gasteiger partial charge is 0.137 e. The van der Waals surface area contributed by atoms with Gasteiger partial charge in [0.15, 0.2) is 0 Å². The van der Waals surface area contributed by atoms with Gasteiger partial charge in [-0.15, -0.1) is 0 Å². The highest BCUT2D eigenvalue weighted by atomic mass is 79.9. The fourth-order valence-corrected chi connectivity index (χ4v) is 2.38. The molecule has 0 bridgehead atoms. The van der Waals surface area contributed by atoms with E-state index in [-0.39, 0.29) is 0 Å². The second kappa shape index (κ2) is 5.31. The molecule has 0 aliphatic heterocycles. The van der Waals surface area contributed by atoms with Gasteiger partial charge in [-0.05, 0) is 29.8 Å². The van der Waals surface area contributed by atoms with Crippen molar-refractivity contribution in [3.63, 3.8) is 0 Å². The maximum Gasteiger partial charge on any atom is 0.137 e. The van der Waals surface area contributed by atoms with Crippen LogP contribution in [0, 0.1) is 0 Å². The normalized spacial score (nSPS) is 10.6. The van der Waals surface area contributed by atoms with Crippen molar-refractivity contribution in [1.29, 1.82) is 0 Å². The Hall–Kier alpha value is -1.39. The molecule has 1 heterocycles. The van der Waals surface area contributed by atoms with Gasteiger partial charge in [0, 0.05) is 14.5 Å². The summed E-state index contributed by atoms with van der Waals surface area (Å²) in [5, 5.41) is 0. The first kappa shape index (κ1) is 12.6. The molecule has 0 aliphatic rings. The minimum atomic E-state index is 0.880. The molecule has 4 heteroatoms. The van der Waals surface area contributed by atoms with Crippen LogP contribution in [0.5, 0.6) is 0 Å². The van der Waals surface area contributed by atoms with E-state index < -0.39 is 0 Å². The molecule has 3 aromatic rings. The molecule has 0 saturated carbocycles. The van der Waals surface area contributed by atoms with E-state index in [9.17, 15) is 0 Å². The Kier molecular flexibility index (Phi) is 3.53. The first-order chi connectivity index (χ1) is 9.22.